The van der Waals surface area contributed by atoms with Gasteiger partial charge in [0, 0.05) is 64.6 Å². The normalized spacial score (nSPS) is 24.4. The molecule has 192 valence electrons. The Hall–Kier alpha value is -3.32. The second kappa shape index (κ2) is 9.97. The largest absolute Gasteiger partial charge is 0.354 e. The molecule has 4 atom stereocenters. The van der Waals surface area contributed by atoms with Crippen molar-refractivity contribution >= 4 is 17.8 Å². The minimum Gasteiger partial charge on any atom is -0.338 e. The fourth-order valence-corrected chi connectivity index (χ4v) is 5.13. The SMILES string of the molecule is NCC(N)C(=O)N1CCN(C(=O)Nc2ccn(-c3ccc(CN4CC5C(N)[C@@H]5C4)cc3)c(=O)n2)CC1. The van der Waals surface area contributed by atoms with E-state index in [0.29, 0.717) is 49.7 Å². The molecule has 1 saturated carbocycles. The van der Waals surface area contributed by atoms with Crippen LogP contribution in [0.5, 0.6) is 0 Å². The first-order valence-corrected chi connectivity index (χ1v) is 12.3. The zero-order valence-corrected chi connectivity index (χ0v) is 20.1. The first-order chi connectivity index (χ1) is 17.3. The van der Waals surface area contributed by atoms with E-state index in [1.807, 2.05) is 24.3 Å². The molecular formula is C24H33N9O3. The minimum atomic E-state index is -0.729. The number of carbonyl (C=O) groups excluding carboxylic acids is 2. The maximum Gasteiger partial charge on any atom is 0.354 e. The van der Waals surface area contributed by atoms with Gasteiger partial charge in [0.25, 0.3) is 0 Å². The van der Waals surface area contributed by atoms with Crippen LogP contribution in [0.15, 0.2) is 41.3 Å². The summed E-state index contributed by atoms with van der Waals surface area (Å²) in [4.78, 5) is 47.0. The Labute approximate surface area is 209 Å². The number of rotatable bonds is 6. The zero-order chi connectivity index (χ0) is 25.4. The molecule has 0 radical (unpaired) electrons. The molecule has 5 rings (SSSR count). The van der Waals surface area contributed by atoms with Gasteiger partial charge in [-0.25, -0.2) is 9.59 Å². The van der Waals surface area contributed by atoms with Crippen LogP contribution in [0.25, 0.3) is 5.69 Å². The molecule has 1 aromatic heterocycles. The van der Waals surface area contributed by atoms with Crippen molar-refractivity contribution in [3.05, 3.63) is 52.6 Å². The Morgan fingerprint density at radius 1 is 1.03 bits per heavy atom. The lowest BCUT2D eigenvalue weighted by Crippen LogP contribution is -2.56. The molecule has 12 nitrogen and oxygen atoms in total. The summed E-state index contributed by atoms with van der Waals surface area (Å²) in [6, 6.07) is 8.71. The molecule has 2 aromatic rings. The van der Waals surface area contributed by atoms with Crippen LogP contribution in [-0.2, 0) is 11.3 Å². The molecule has 2 saturated heterocycles. The molecule has 3 amide bonds. The first kappa shape index (κ1) is 24.4. The Morgan fingerprint density at radius 3 is 2.28 bits per heavy atom. The third kappa shape index (κ3) is 4.98. The highest BCUT2D eigenvalue weighted by Crippen LogP contribution is 2.44. The second-order valence-electron chi connectivity index (χ2n) is 9.82. The van der Waals surface area contributed by atoms with Gasteiger partial charge in [0.15, 0.2) is 0 Å². The predicted octanol–water partition coefficient (Wildman–Crippen LogP) is -1.42. The third-order valence-corrected chi connectivity index (χ3v) is 7.44. The number of benzene rings is 1. The average molecular weight is 496 g/mol. The first-order valence-electron chi connectivity index (χ1n) is 12.3. The highest BCUT2D eigenvalue weighted by atomic mass is 16.2. The number of anilines is 1. The molecule has 0 bridgehead atoms. The van der Waals surface area contributed by atoms with Crippen LogP contribution in [-0.4, -0.2) is 94.1 Å². The van der Waals surface area contributed by atoms with Crippen LogP contribution in [0, 0.1) is 11.8 Å². The molecule has 3 heterocycles. The van der Waals surface area contributed by atoms with Crippen LogP contribution in [0.1, 0.15) is 5.56 Å². The van der Waals surface area contributed by atoms with Gasteiger partial charge in [-0.1, -0.05) is 12.1 Å². The number of amides is 3. The number of piperidine rings is 1. The molecule has 3 unspecified atom stereocenters. The third-order valence-electron chi connectivity index (χ3n) is 7.44. The highest BCUT2D eigenvalue weighted by Gasteiger charge is 2.53. The van der Waals surface area contributed by atoms with Gasteiger partial charge < -0.3 is 27.0 Å². The van der Waals surface area contributed by atoms with E-state index in [1.54, 1.807) is 22.1 Å². The molecule has 12 heteroatoms. The molecule has 2 aliphatic heterocycles. The zero-order valence-electron chi connectivity index (χ0n) is 20.1. The van der Waals surface area contributed by atoms with Crippen LogP contribution in [0.3, 0.4) is 0 Å². The lowest BCUT2D eigenvalue weighted by Gasteiger charge is -2.35. The average Bonchev–Trinajstić information content (AvgIpc) is 3.27. The Kier molecular flexibility index (Phi) is 6.75. The summed E-state index contributed by atoms with van der Waals surface area (Å²) in [6.45, 7) is 4.51. The topological polar surface area (TPSA) is 169 Å². The minimum absolute atomic E-state index is 0.0792. The number of nitrogens with zero attached hydrogens (tertiary/aromatic N) is 5. The number of likely N-dealkylation sites (tertiary alicyclic amines) is 1. The Morgan fingerprint density at radius 2 is 1.67 bits per heavy atom. The summed E-state index contributed by atoms with van der Waals surface area (Å²) in [7, 11) is 0. The Bertz CT molecular complexity index is 1160. The number of urea groups is 1. The van der Waals surface area contributed by atoms with Gasteiger partial charge in [-0.3, -0.25) is 19.6 Å². The van der Waals surface area contributed by atoms with E-state index in [4.69, 9.17) is 17.2 Å². The van der Waals surface area contributed by atoms with Crippen molar-refractivity contribution in [2.24, 2.45) is 29.0 Å². The summed E-state index contributed by atoms with van der Waals surface area (Å²) in [5.41, 5.74) is 18.6. The van der Waals surface area contributed by atoms with E-state index in [2.05, 4.69) is 15.2 Å². The van der Waals surface area contributed by atoms with E-state index < -0.39 is 11.7 Å². The monoisotopic (exact) mass is 495 g/mol. The molecule has 0 spiro atoms. The highest BCUT2D eigenvalue weighted by molar-refractivity contribution is 5.88. The summed E-state index contributed by atoms with van der Waals surface area (Å²) in [6.07, 6.45) is 1.60. The second-order valence-corrected chi connectivity index (χ2v) is 9.82. The van der Waals surface area contributed by atoms with Crippen molar-refractivity contribution in [2.75, 3.05) is 51.1 Å². The smallest absolute Gasteiger partial charge is 0.338 e. The van der Waals surface area contributed by atoms with Crippen molar-refractivity contribution in [3.63, 3.8) is 0 Å². The molecule has 3 aliphatic rings. The van der Waals surface area contributed by atoms with E-state index >= 15 is 0 Å². The van der Waals surface area contributed by atoms with Gasteiger partial charge in [0.05, 0.1) is 11.7 Å². The molecule has 1 aliphatic carbocycles. The molecular weight excluding hydrogens is 462 g/mol. The van der Waals surface area contributed by atoms with Gasteiger partial charge in [-0.2, -0.15) is 4.98 Å². The van der Waals surface area contributed by atoms with Gasteiger partial charge in [0.2, 0.25) is 5.91 Å². The van der Waals surface area contributed by atoms with E-state index in [-0.39, 0.29) is 24.3 Å². The number of hydrogen-bond donors (Lipinski definition) is 4. The van der Waals surface area contributed by atoms with Crippen molar-refractivity contribution in [3.8, 4) is 5.69 Å². The molecule has 1 aromatic carbocycles. The molecule has 3 fully saturated rings. The van der Waals surface area contributed by atoms with Crippen molar-refractivity contribution in [2.45, 2.75) is 18.6 Å². The number of piperazine rings is 1. The van der Waals surface area contributed by atoms with Crippen LogP contribution in [0.4, 0.5) is 10.6 Å². The van der Waals surface area contributed by atoms with E-state index in [1.165, 1.54) is 10.1 Å². The quantitative estimate of drug-likeness (QED) is 0.379. The van der Waals surface area contributed by atoms with Crippen molar-refractivity contribution in [1.82, 2.24) is 24.3 Å². The Balaban J connectivity index is 1.14. The maximum atomic E-state index is 12.6. The summed E-state index contributed by atoms with van der Waals surface area (Å²) < 4.78 is 1.44. The number of fused-ring (bicyclic) bond motifs is 1. The number of hydrogen-bond acceptors (Lipinski definition) is 8. The van der Waals surface area contributed by atoms with Crippen molar-refractivity contribution in [1.29, 1.82) is 0 Å². The molecule has 36 heavy (non-hydrogen) atoms. The summed E-state index contributed by atoms with van der Waals surface area (Å²) >= 11 is 0. The van der Waals surface area contributed by atoms with E-state index in [9.17, 15) is 14.4 Å². The lowest BCUT2D eigenvalue weighted by atomic mass is 10.2. The molecule has 7 N–H and O–H groups in total. The number of aromatic nitrogens is 2. The van der Waals surface area contributed by atoms with Gasteiger partial charge >= 0.3 is 11.7 Å². The maximum absolute atomic E-state index is 12.6. The van der Waals surface area contributed by atoms with Gasteiger partial charge in [0.1, 0.15) is 5.82 Å². The lowest BCUT2D eigenvalue weighted by molar-refractivity contribution is -0.133. The fourth-order valence-electron chi connectivity index (χ4n) is 5.13. The van der Waals surface area contributed by atoms with Gasteiger partial charge in [-0.05, 0) is 35.6 Å². The van der Waals surface area contributed by atoms with Gasteiger partial charge in [-0.15, -0.1) is 0 Å². The van der Waals surface area contributed by atoms with Crippen LogP contribution in [0.2, 0.25) is 0 Å². The number of carbonyl (C=O) groups is 2. The standard InChI is InChI=1S/C24H33N9O3/c25-11-19(26)22(34)31-7-9-32(10-8-31)23(35)28-20-5-6-33(24(36)29-20)16-3-1-15(2-4-16)12-30-13-17-18(14-30)21(17)27/h1-6,17-19,21H,7-14,25-27H2,(H,28,29,35,36)/t17-,18?,19?,21?/m1/s1. The summed E-state index contributed by atoms with van der Waals surface area (Å²) in [5, 5.41) is 2.67. The van der Waals surface area contributed by atoms with Crippen LogP contribution < -0.4 is 28.2 Å². The predicted molar refractivity (Wildman–Crippen MR) is 134 cm³/mol. The van der Waals surface area contributed by atoms with Crippen molar-refractivity contribution < 1.29 is 9.59 Å². The van der Waals surface area contributed by atoms with E-state index in [0.717, 1.165) is 19.6 Å². The summed E-state index contributed by atoms with van der Waals surface area (Å²) in [5.74, 6) is 1.27. The van der Waals surface area contributed by atoms with Crippen LogP contribution >= 0.6 is 0 Å². The number of nitrogens with one attached hydrogen (secondary N) is 1. The number of nitrogens with two attached hydrogens (primary N) is 3. The fraction of sp³-hybridized carbons (Fsp3) is 0.500.